The molecule has 0 spiro atoms. The minimum absolute atomic E-state index is 0.0258. The summed E-state index contributed by atoms with van der Waals surface area (Å²) in [6.07, 6.45) is 6.48. The SMILES string of the molecule is Cc1nn(C(C)C(=O)NC2CCCCC2C)cc1Cl. The second-order valence-corrected chi connectivity index (χ2v) is 6.00. The lowest BCUT2D eigenvalue weighted by Gasteiger charge is -2.30. The van der Waals surface area contributed by atoms with Crippen molar-refractivity contribution in [3.05, 3.63) is 16.9 Å². The van der Waals surface area contributed by atoms with Gasteiger partial charge in [0.15, 0.2) is 0 Å². The molecule has 0 radical (unpaired) electrons. The van der Waals surface area contributed by atoms with Crippen molar-refractivity contribution in [3.8, 4) is 0 Å². The molecule has 1 aromatic heterocycles. The maximum absolute atomic E-state index is 12.3. The maximum atomic E-state index is 12.3. The molecule has 1 aromatic rings. The van der Waals surface area contributed by atoms with E-state index >= 15 is 0 Å². The lowest BCUT2D eigenvalue weighted by atomic mass is 9.86. The molecule has 19 heavy (non-hydrogen) atoms. The van der Waals surface area contributed by atoms with Crippen LogP contribution in [0.3, 0.4) is 0 Å². The molecule has 0 bridgehead atoms. The van der Waals surface area contributed by atoms with E-state index in [0.29, 0.717) is 17.0 Å². The van der Waals surface area contributed by atoms with Crippen LogP contribution in [0.2, 0.25) is 5.02 Å². The van der Waals surface area contributed by atoms with E-state index in [-0.39, 0.29) is 11.9 Å². The molecule has 0 aliphatic heterocycles. The molecule has 2 rings (SSSR count). The predicted octanol–water partition coefficient (Wildman–Crippen LogP) is 3.10. The Hall–Kier alpha value is -1.03. The number of amides is 1. The highest BCUT2D eigenvalue weighted by Gasteiger charge is 2.25. The average Bonchev–Trinajstić information content (AvgIpc) is 2.71. The molecular formula is C14H22ClN3O. The highest BCUT2D eigenvalue weighted by molar-refractivity contribution is 6.31. The van der Waals surface area contributed by atoms with Crippen molar-refractivity contribution in [1.29, 1.82) is 0 Å². The van der Waals surface area contributed by atoms with Crippen molar-refractivity contribution in [3.63, 3.8) is 0 Å². The summed E-state index contributed by atoms with van der Waals surface area (Å²) in [7, 11) is 0. The molecule has 3 unspecified atom stereocenters. The molecule has 0 saturated heterocycles. The van der Waals surface area contributed by atoms with Gasteiger partial charge in [0.25, 0.3) is 0 Å². The van der Waals surface area contributed by atoms with E-state index in [4.69, 9.17) is 11.6 Å². The first-order valence-electron chi connectivity index (χ1n) is 7.00. The lowest BCUT2D eigenvalue weighted by molar-refractivity contribution is -0.125. The molecule has 1 N–H and O–H groups in total. The fourth-order valence-electron chi connectivity index (χ4n) is 2.61. The minimum atomic E-state index is -0.319. The van der Waals surface area contributed by atoms with E-state index in [2.05, 4.69) is 17.3 Å². The second-order valence-electron chi connectivity index (χ2n) is 5.60. The Labute approximate surface area is 119 Å². The molecule has 1 aliphatic rings. The Balaban J connectivity index is 1.99. The molecular weight excluding hydrogens is 262 g/mol. The van der Waals surface area contributed by atoms with Gasteiger partial charge >= 0.3 is 0 Å². The summed E-state index contributed by atoms with van der Waals surface area (Å²) in [4.78, 5) is 12.3. The van der Waals surface area contributed by atoms with Crippen molar-refractivity contribution in [2.24, 2.45) is 5.92 Å². The molecule has 1 aliphatic carbocycles. The molecule has 0 aromatic carbocycles. The fraction of sp³-hybridized carbons (Fsp3) is 0.714. The van der Waals surface area contributed by atoms with Crippen LogP contribution in [0.15, 0.2) is 6.20 Å². The van der Waals surface area contributed by atoms with Gasteiger partial charge in [0.2, 0.25) is 5.91 Å². The standard InChI is InChI=1S/C14H22ClN3O/c1-9-6-4-5-7-13(9)16-14(19)11(3)18-8-12(15)10(2)17-18/h8-9,11,13H,4-7H2,1-3H3,(H,16,19). The lowest BCUT2D eigenvalue weighted by Crippen LogP contribution is -2.43. The molecule has 3 atom stereocenters. The number of nitrogens with zero attached hydrogens (tertiary/aromatic N) is 2. The monoisotopic (exact) mass is 283 g/mol. The van der Waals surface area contributed by atoms with Crippen LogP contribution >= 0.6 is 11.6 Å². The third-order valence-corrected chi connectivity index (χ3v) is 4.44. The van der Waals surface area contributed by atoms with Crippen LogP contribution in [-0.4, -0.2) is 21.7 Å². The summed E-state index contributed by atoms with van der Waals surface area (Å²) in [5.41, 5.74) is 0.757. The van der Waals surface area contributed by atoms with Gasteiger partial charge in [-0.05, 0) is 32.6 Å². The van der Waals surface area contributed by atoms with Gasteiger partial charge in [0.1, 0.15) is 6.04 Å². The zero-order valence-corrected chi connectivity index (χ0v) is 12.6. The van der Waals surface area contributed by atoms with Gasteiger partial charge in [-0.1, -0.05) is 31.4 Å². The van der Waals surface area contributed by atoms with Crippen molar-refractivity contribution >= 4 is 17.5 Å². The largest absolute Gasteiger partial charge is 0.351 e. The van der Waals surface area contributed by atoms with Gasteiger partial charge in [0.05, 0.1) is 10.7 Å². The maximum Gasteiger partial charge on any atom is 0.244 e. The molecule has 1 heterocycles. The Bertz CT molecular complexity index is 438. The van der Waals surface area contributed by atoms with Crippen LogP contribution in [0.25, 0.3) is 0 Å². The first kappa shape index (κ1) is 14.4. The van der Waals surface area contributed by atoms with Gasteiger partial charge < -0.3 is 5.32 Å². The fourth-order valence-corrected chi connectivity index (χ4v) is 2.75. The van der Waals surface area contributed by atoms with Gasteiger partial charge in [0, 0.05) is 12.2 Å². The van der Waals surface area contributed by atoms with E-state index in [1.807, 2.05) is 13.8 Å². The first-order chi connectivity index (χ1) is 8.99. The summed E-state index contributed by atoms with van der Waals surface area (Å²) in [5.74, 6) is 0.589. The molecule has 1 saturated carbocycles. The summed E-state index contributed by atoms with van der Waals surface area (Å²) in [6.45, 7) is 5.90. The van der Waals surface area contributed by atoms with Crippen LogP contribution in [0.1, 0.15) is 51.3 Å². The number of aromatic nitrogens is 2. The van der Waals surface area contributed by atoms with Crippen LogP contribution in [0.5, 0.6) is 0 Å². The summed E-state index contributed by atoms with van der Waals surface area (Å²) >= 11 is 5.98. The topological polar surface area (TPSA) is 46.9 Å². The van der Waals surface area contributed by atoms with Crippen molar-refractivity contribution in [2.75, 3.05) is 0 Å². The van der Waals surface area contributed by atoms with E-state index < -0.39 is 0 Å². The van der Waals surface area contributed by atoms with Crippen LogP contribution in [-0.2, 0) is 4.79 Å². The Morgan fingerprint density at radius 2 is 2.21 bits per heavy atom. The predicted molar refractivity (Wildman–Crippen MR) is 76.2 cm³/mol. The summed E-state index contributed by atoms with van der Waals surface area (Å²) in [6, 6.07) is -0.0174. The Morgan fingerprint density at radius 3 is 2.79 bits per heavy atom. The van der Waals surface area contributed by atoms with Crippen LogP contribution in [0.4, 0.5) is 0 Å². The van der Waals surface area contributed by atoms with Crippen LogP contribution in [0, 0.1) is 12.8 Å². The van der Waals surface area contributed by atoms with Crippen molar-refractivity contribution < 1.29 is 4.79 Å². The number of rotatable bonds is 3. The third kappa shape index (κ3) is 3.30. The number of nitrogens with one attached hydrogen (secondary N) is 1. The van der Waals surface area contributed by atoms with E-state index in [1.54, 1.807) is 10.9 Å². The average molecular weight is 284 g/mol. The molecule has 5 heteroatoms. The smallest absolute Gasteiger partial charge is 0.244 e. The summed E-state index contributed by atoms with van der Waals surface area (Å²) < 4.78 is 1.64. The van der Waals surface area contributed by atoms with Gasteiger partial charge in [-0.2, -0.15) is 5.10 Å². The molecule has 1 fully saturated rings. The second kappa shape index (κ2) is 5.95. The Morgan fingerprint density at radius 1 is 1.53 bits per heavy atom. The third-order valence-electron chi connectivity index (χ3n) is 4.07. The zero-order valence-electron chi connectivity index (χ0n) is 11.8. The Kier molecular flexibility index (Phi) is 4.50. The van der Waals surface area contributed by atoms with Crippen molar-refractivity contribution in [1.82, 2.24) is 15.1 Å². The molecule has 1 amide bonds. The number of hydrogen-bond acceptors (Lipinski definition) is 2. The highest BCUT2D eigenvalue weighted by Crippen LogP contribution is 2.24. The van der Waals surface area contributed by atoms with E-state index in [9.17, 15) is 4.79 Å². The van der Waals surface area contributed by atoms with E-state index in [0.717, 1.165) is 12.1 Å². The van der Waals surface area contributed by atoms with Gasteiger partial charge in [-0.3, -0.25) is 9.48 Å². The quantitative estimate of drug-likeness (QED) is 0.926. The number of halogens is 1. The number of aryl methyl sites for hydroxylation is 1. The van der Waals surface area contributed by atoms with E-state index in [1.165, 1.54) is 19.3 Å². The normalized spacial score (nSPS) is 25.1. The number of carbonyl (C=O) groups excluding carboxylic acids is 1. The summed E-state index contributed by atoms with van der Waals surface area (Å²) in [5, 5.41) is 8.02. The number of hydrogen-bond donors (Lipinski definition) is 1. The highest BCUT2D eigenvalue weighted by atomic mass is 35.5. The van der Waals surface area contributed by atoms with Gasteiger partial charge in [-0.25, -0.2) is 0 Å². The van der Waals surface area contributed by atoms with Crippen LogP contribution < -0.4 is 5.32 Å². The zero-order chi connectivity index (χ0) is 14.0. The van der Waals surface area contributed by atoms with Crippen molar-refractivity contribution in [2.45, 2.75) is 58.5 Å². The first-order valence-corrected chi connectivity index (χ1v) is 7.38. The minimum Gasteiger partial charge on any atom is -0.351 e. The molecule has 4 nitrogen and oxygen atoms in total. The molecule has 106 valence electrons. The number of carbonyl (C=O) groups is 1. The van der Waals surface area contributed by atoms with Gasteiger partial charge in [-0.15, -0.1) is 0 Å².